The van der Waals surface area contributed by atoms with E-state index in [0.717, 1.165) is 48.8 Å². The zero-order chi connectivity index (χ0) is 18.3. The van der Waals surface area contributed by atoms with Gasteiger partial charge in [0.2, 0.25) is 0 Å². The first kappa shape index (κ1) is 17.1. The summed E-state index contributed by atoms with van der Waals surface area (Å²) in [6.07, 6.45) is 0.856. The Morgan fingerprint density at radius 2 is 1.65 bits per heavy atom. The lowest BCUT2D eigenvalue weighted by atomic mass is 9.97. The second-order valence-electron chi connectivity index (χ2n) is 6.17. The van der Waals surface area contributed by atoms with Gasteiger partial charge in [-0.25, -0.2) is 0 Å². The summed E-state index contributed by atoms with van der Waals surface area (Å²) in [5.41, 5.74) is 10.3. The van der Waals surface area contributed by atoms with Crippen LogP contribution in [0.5, 0.6) is 5.75 Å². The molecule has 0 aliphatic rings. The molecule has 0 spiro atoms. The van der Waals surface area contributed by atoms with Crippen molar-refractivity contribution in [3.05, 3.63) is 70.7 Å². The summed E-state index contributed by atoms with van der Waals surface area (Å²) in [5.74, 6) is 0.261. The molecule has 0 fully saturated rings. The lowest BCUT2D eigenvalue weighted by Crippen LogP contribution is -1.91. The molecule has 130 valence electrons. The Morgan fingerprint density at radius 3 is 2.46 bits per heavy atom. The van der Waals surface area contributed by atoms with E-state index in [9.17, 15) is 5.11 Å². The average molecular weight is 424 g/mol. The van der Waals surface area contributed by atoms with Crippen molar-refractivity contribution in [2.24, 2.45) is 0 Å². The Balaban J connectivity index is 1.98. The van der Waals surface area contributed by atoms with Crippen molar-refractivity contribution < 1.29 is 5.11 Å². The molecule has 3 N–H and O–H groups in total. The van der Waals surface area contributed by atoms with Crippen LogP contribution in [0.25, 0.3) is 32.3 Å². The molecule has 1 aromatic heterocycles. The summed E-state index contributed by atoms with van der Waals surface area (Å²) in [6.45, 7) is 2.11. The molecule has 2 nitrogen and oxygen atoms in total. The van der Waals surface area contributed by atoms with Crippen molar-refractivity contribution in [3.63, 3.8) is 0 Å². The third-order valence-electron chi connectivity index (χ3n) is 4.69. The third-order valence-corrected chi connectivity index (χ3v) is 6.47. The van der Waals surface area contributed by atoms with Crippen molar-refractivity contribution in [1.29, 1.82) is 0 Å². The normalized spacial score (nSPS) is 11.2. The molecule has 0 aliphatic heterocycles. The van der Waals surface area contributed by atoms with Crippen molar-refractivity contribution in [3.8, 4) is 27.3 Å². The molecule has 1 heterocycles. The maximum absolute atomic E-state index is 11.1. The van der Waals surface area contributed by atoms with E-state index >= 15 is 0 Å². The molecule has 0 unspecified atom stereocenters. The van der Waals surface area contributed by atoms with Gasteiger partial charge in [0.25, 0.3) is 0 Å². The van der Waals surface area contributed by atoms with E-state index in [1.165, 1.54) is 11.3 Å². The molecule has 0 radical (unpaired) electrons. The van der Waals surface area contributed by atoms with Crippen molar-refractivity contribution in [2.45, 2.75) is 13.3 Å². The van der Waals surface area contributed by atoms with Gasteiger partial charge in [-0.1, -0.05) is 77.5 Å². The molecule has 3 aromatic carbocycles. The number of fused-ring (bicyclic) bond motifs is 1. The standard InChI is InChI=1S/C22H18BrNOS/c1-2-14-16(10-6-12-18(14)23)19-20(25)21(26-22(19)24)17-11-5-8-13-7-3-4-9-15(13)17/h3-12,25H,2,24H2,1H3. The number of nitrogen functional groups attached to an aromatic ring is 1. The molecule has 0 atom stereocenters. The van der Waals surface area contributed by atoms with E-state index < -0.39 is 0 Å². The van der Waals surface area contributed by atoms with Crippen LogP contribution in [0, 0.1) is 0 Å². The van der Waals surface area contributed by atoms with Crippen LogP contribution in [0.1, 0.15) is 12.5 Å². The molecule has 0 saturated carbocycles. The average Bonchev–Trinajstić information content (AvgIpc) is 2.95. The van der Waals surface area contributed by atoms with Gasteiger partial charge in [0.15, 0.2) is 0 Å². The fraction of sp³-hybridized carbons (Fsp3) is 0.0909. The predicted molar refractivity (Wildman–Crippen MR) is 116 cm³/mol. The summed E-state index contributed by atoms with van der Waals surface area (Å²) in [5, 5.41) is 14.0. The Morgan fingerprint density at radius 1 is 0.962 bits per heavy atom. The van der Waals surface area contributed by atoms with E-state index in [1.807, 2.05) is 42.5 Å². The number of nitrogens with two attached hydrogens (primary N) is 1. The highest BCUT2D eigenvalue weighted by Gasteiger charge is 2.22. The van der Waals surface area contributed by atoms with Gasteiger partial charge >= 0.3 is 0 Å². The minimum Gasteiger partial charge on any atom is -0.506 e. The number of hydrogen-bond donors (Lipinski definition) is 2. The zero-order valence-corrected chi connectivity index (χ0v) is 16.7. The summed E-state index contributed by atoms with van der Waals surface area (Å²) in [7, 11) is 0. The molecule has 4 heteroatoms. The Hall–Kier alpha value is -2.30. The van der Waals surface area contributed by atoms with Gasteiger partial charge in [-0.05, 0) is 34.4 Å². The highest BCUT2D eigenvalue weighted by molar-refractivity contribution is 9.10. The van der Waals surface area contributed by atoms with E-state index in [2.05, 4.69) is 41.1 Å². The largest absolute Gasteiger partial charge is 0.506 e. The fourth-order valence-electron chi connectivity index (χ4n) is 3.46. The van der Waals surface area contributed by atoms with Crippen LogP contribution in [-0.2, 0) is 6.42 Å². The zero-order valence-electron chi connectivity index (χ0n) is 14.3. The van der Waals surface area contributed by atoms with Crippen LogP contribution >= 0.6 is 27.3 Å². The van der Waals surface area contributed by atoms with Gasteiger partial charge in [-0.3, -0.25) is 0 Å². The molecule has 26 heavy (non-hydrogen) atoms. The topological polar surface area (TPSA) is 46.2 Å². The van der Waals surface area contributed by atoms with E-state index in [1.54, 1.807) is 0 Å². The summed E-state index contributed by atoms with van der Waals surface area (Å²) < 4.78 is 1.04. The number of aromatic hydroxyl groups is 1. The number of halogens is 1. The second kappa shape index (κ2) is 6.78. The highest BCUT2D eigenvalue weighted by atomic mass is 79.9. The SMILES string of the molecule is CCc1c(Br)cccc1-c1c(N)sc(-c2cccc3ccccc23)c1O. The van der Waals surface area contributed by atoms with Crippen molar-refractivity contribution in [2.75, 3.05) is 5.73 Å². The number of benzene rings is 3. The summed E-state index contributed by atoms with van der Waals surface area (Å²) in [6, 6.07) is 20.4. The first-order chi connectivity index (χ1) is 12.6. The second-order valence-corrected chi connectivity index (χ2v) is 8.07. The molecule has 0 bridgehead atoms. The summed E-state index contributed by atoms with van der Waals surface area (Å²) >= 11 is 5.06. The van der Waals surface area contributed by atoms with Crippen LogP contribution in [0.4, 0.5) is 5.00 Å². The maximum atomic E-state index is 11.1. The molecule has 4 aromatic rings. The van der Waals surface area contributed by atoms with Gasteiger partial charge in [0.05, 0.1) is 15.4 Å². The Bertz CT molecular complexity index is 1110. The number of anilines is 1. The van der Waals surface area contributed by atoms with E-state index in [4.69, 9.17) is 5.73 Å². The van der Waals surface area contributed by atoms with Crippen molar-refractivity contribution >= 4 is 43.0 Å². The molecule has 0 aliphatic carbocycles. The van der Waals surface area contributed by atoms with Gasteiger partial charge in [-0.15, -0.1) is 11.3 Å². The molecular formula is C22H18BrNOS. The smallest absolute Gasteiger partial charge is 0.144 e. The fourth-order valence-corrected chi connectivity index (χ4v) is 5.12. The minimum absolute atomic E-state index is 0.261. The predicted octanol–water partition coefficient (Wildman–Crippen LogP) is 6.85. The maximum Gasteiger partial charge on any atom is 0.144 e. The first-order valence-electron chi connectivity index (χ1n) is 8.49. The van der Waals surface area contributed by atoms with Crippen LogP contribution < -0.4 is 5.73 Å². The lowest BCUT2D eigenvalue weighted by molar-refractivity contribution is 0.481. The van der Waals surface area contributed by atoms with Crippen molar-refractivity contribution in [1.82, 2.24) is 0 Å². The molecular weight excluding hydrogens is 406 g/mol. The van der Waals surface area contributed by atoms with E-state index in [-0.39, 0.29) is 5.75 Å². The van der Waals surface area contributed by atoms with E-state index in [0.29, 0.717) is 5.00 Å². The quantitative estimate of drug-likeness (QED) is 0.378. The van der Waals surface area contributed by atoms with Crippen LogP contribution in [0.2, 0.25) is 0 Å². The third kappa shape index (κ3) is 2.70. The first-order valence-corrected chi connectivity index (χ1v) is 10.1. The van der Waals surface area contributed by atoms with Crippen LogP contribution in [0.3, 0.4) is 0 Å². The number of hydrogen-bond acceptors (Lipinski definition) is 3. The van der Waals surface area contributed by atoms with Crippen LogP contribution in [-0.4, -0.2) is 5.11 Å². The Kier molecular flexibility index (Phi) is 4.47. The van der Waals surface area contributed by atoms with Gasteiger partial charge in [0, 0.05) is 10.0 Å². The van der Waals surface area contributed by atoms with Gasteiger partial charge in [0.1, 0.15) is 5.75 Å². The molecule has 0 amide bonds. The van der Waals surface area contributed by atoms with Gasteiger partial charge < -0.3 is 10.8 Å². The number of rotatable bonds is 3. The van der Waals surface area contributed by atoms with Gasteiger partial charge in [-0.2, -0.15) is 0 Å². The Labute approximate surface area is 165 Å². The lowest BCUT2D eigenvalue weighted by Gasteiger charge is -2.11. The minimum atomic E-state index is 0.261. The molecule has 0 saturated heterocycles. The summed E-state index contributed by atoms with van der Waals surface area (Å²) in [4.78, 5) is 0.816. The highest BCUT2D eigenvalue weighted by Crippen LogP contribution is 2.51. The van der Waals surface area contributed by atoms with Crippen LogP contribution in [0.15, 0.2) is 65.1 Å². The monoisotopic (exact) mass is 423 g/mol. The molecule has 4 rings (SSSR count). The number of thiophene rings is 1.